The van der Waals surface area contributed by atoms with Crippen LogP contribution in [0.25, 0.3) is 0 Å². The van der Waals surface area contributed by atoms with E-state index in [1.807, 2.05) is 6.92 Å². The molecule has 0 aliphatic heterocycles. The lowest BCUT2D eigenvalue weighted by molar-refractivity contribution is 0.199. The summed E-state index contributed by atoms with van der Waals surface area (Å²) in [7, 11) is 1.72. The Morgan fingerprint density at radius 1 is 1.38 bits per heavy atom. The molecule has 0 amide bonds. The van der Waals surface area contributed by atoms with E-state index in [0.29, 0.717) is 11.3 Å². The van der Waals surface area contributed by atoms with E-state index in [4.69, 9.17) is 5.11 Å². The van der Waals surface area contributed by atoms with Crippen LogP contribution in [-0.2, 0) is 0 Å². The summed E-state index contributed by atoms with van der Waals surface area (Å²) in [6.45, 7) is 3.37. The Balaban J connectivity index is 2.99. The first-order valence-corrected chi connectivity index (χ1v) is 5.28. The van der Waals surface area contributed by atoms with Gasteiger partial charge in [-0.05, 0) is 31.5 Å². The number of aliphatic hydroxyl groups excluding tert-OH is 2. The molecule has 0 fully saturated rings. The molecule has 3 nitrogen and oxygen atoms in total. The van der Waals surface area contributed by atoms with Gasteiger partial charge in [-0.15, -0.1) is 0 Å². The van der Waals surface area contributed by atoms with Crippen LogP contribution in [0.15, 0.2) is 18.2 Å². The third kappa shape index (κ3) is 2.71. The fourth-order valence-corrected chi connectivity index (χ4v) is 1.43. The Bertz CT molecular complexity index is 355. The highest BCUT2D eigenvalue weighted by Crippen LogP contribution is 2.23. The van der Waals surface area contributed by atoms with E-state index in [1.165, 1.54) is 6.07 Å². The lowest BCUT2D eigenvalue weighted by Crippen LogP contribution is -2.32. The van der Waals surface area contributed by atoms with Gasteiger partial charge in [0.15, 0.2) is 0 Å². The molecule has 0 spiro atoms. The summed E-state index contributed by atoms with van der Waals surface area (Å²) < 4.78 is 13.7. The van der Waals surface area contributed by atoms with Crippen molar-refractivity contribution in [1.29, 1.82) is 0 Å². The first-order valence-electron chi connectivity index (χ1n) is 5.28. The van der Waals surface area contributed by atoms with Gasteiger partial charge in [0.05, 0.1) is 18.4 Å². The minimum absolute atomic E-state index is 0.0336. The predicted octanol–water partition coefficient (Wildman–Crippen LogP) is 1.70. The van der Waals surface area contributed by atoms with Crippen LogP contribution < -0.4 is 4.90 Å². The van der Waals surface area contributed by atoms with E-state index in [0.717, 1.165) is 0 Å². The van der Waals surface area contributed by atoms with E-state index in [-0.39, 0.29) is 18.5 Å². The molecular weight excluding hydrogens is 209 g/mol. The largest absolute Gasteiger partial charge is 0.394 e. The maximum atomic E-state index is 13.7. The molecule has 0 aliphatic carbocycles. The molecule has 0 aromatic heterocycles. The Kier molecular flexibility index (Phi) is 4.26. The average molecular weight is 227 g/mol. The normalized spacial score (nSPS) is 14.6. The number of likely N-dealkylation sites (N-methyl/N-ethyl adjacent to an activating group) is 1. The van der Waals surface area contributed by atoms with Crippen LogP contribution in [0, 0.1) is 5.82 Å². The van der Waals surface area contributed by atoms with Crippen molar-refractivity contribution in [3.63, 3.8) is 0 Å². The number of nitrogens with zero attached hydrogens (tertiary/aromatic N) is 1. The third-order valence-electron chi connectivity index (χ3n) is 2.76. The maximum absolute atomic E-state index is 13.7. The summed E-state index contributed by atoms with van der Waals surface area (Å²) in [6, 6.07) is 4.47. The van der Waals surface area contributed by atoms with Gasteiger partial charge >= 0.3 is 0 Å². The van der Waals surface area contributed by atoms with Crippen LogP contribution >= 0.6 is 0 Å². The van der Waals surface area contributed by atoms with Crippen molar-refractivity contribution in [1.82, 2.24) is 0 Å². The molecule has 0 bridgehead atoms. The van der Waals surface area contributed by atoms with Gasteiger partial charge in [-0.2, -0.15) is 0 Å². The van der Waals surface area contributed by atoms with E-state index in [1.54, 1.807) is 31.0 Å². The zero-order chi connectivity index (χ0) is 12.3. The van der Waals surface area contributed by atoms with Crippen LogP contribution in [0.5, 0.6) is 0 Å². The summed E-state index contributed by atoms with van der Waals surface area (Å²) in [6.07, 6.45) is -0.677. The zero-order valence-corrected chi connectivity index (χ0v) is 9.81. The highest BCUT2D eigenvalue weighted by molar-refractivity contribution is 5.49. The molecule has 1 rings (SSSR count). The molecule has 0 saturated heterocycles. The lowest BCUT2D eigenvalue weighted by atomic mass is 10.1. The second-order valence-electron chi connectivity index (χ2n) is 4.03. The number of benzene rings is 1. The summed E-state index contributed by atoms with van der Waals surface area (Å²) in [4.78, 5) is 1.67. The van der Waals surface area contributed by atoms with E-state index in [9.17, 15) is 9.50 Å². The van der Waals surface area contributed by atoms with Crippen LogP contribution in [0.4, 0.5) is 10.1 Å². The smallest absolute Gasteiger partial charge is 0.146 e. The molecule has 16 heavy (non-hydrogen) atoms. The molecule has 0 radical (unpaired) electrons. The molecular formula is C12H18FNO2. The first-order chi connectivity index (χ1) is 7.47. The van der Waals surface area contributed by atoms with Gasteiger partial charge in [-0.3, -0.25) is 0 Å². The number of halogens is 1. The molecule has 90 valence electrons. The van der Waals surface area contributed by atoms with Crippen molar-refractivity contribution < 1.29 is 14.6 Å². The molecule has 1 unspecified atom stereocenters. The predicted molar refractivity (Wildman–Crippen MR) is 62.0 cm³/mol. The molecule has 1 aromatic rings. The van der Waals surface area contributed by atoms with Gasteiger partial charge in [-0.1, -0.05) is 6.07 Å². The standard InChI is InChI=1S/C12H18FNO2/c1-8(7-15)14(3)12-5-4-10(9(2)16)6-11(12)13/h4-6,8-9,15-16H,7H2,1-3H3/t8?,9-/m0/s1. The van der Waals surface area contributed by atoms with Crippen molar-refractivity contribution in [2.75, 3.05) is 18.6 Å². The van der Waals surface area contributed by atoms with Crippen LogP contribution in [0.2, 0.25) is 0 Å². The second kappa shape index (κ2) is 5.27. The third-order valence-corrected chi connectivity index (χ3v) is 2.76. The summed E-state index contributed by atoms with van der Waals surface area (Å²) >= 11 is 0. The molecule has 0 heterocycles. The van der Waals surface area contributed by atoms with Crippen molar-refractivity contribution >= 4 is 5.69 Å². The second-order valence-corrected chi connectivity index (χ2v) is 4.03. The Morgan fingerprint density at radius 3 is 2.44 bits per heavy atom. The van der Waals surface area contributed by atoms with E-state index in [2.05, 4.69) is 0 Å². The number of hydrogen-bond donors (Lipinski definition) is 2. The van der Waals surface area contributed by atoms with Gasteiger partial charge in [0.1, 0.15) is 5.82 Å². The molecule has 4 heteroatoms. The molecule has 2 atom stereocenters. The van der Waals surface area contributed by atoms with E-state index < -0.39 is 6.10 Å². The van der Waals surface area contributed by atoms with Crippen molar-refractivity contribution in [3.05, 3.63) is 29.6 Å². The van der Waals surface area contributed by atoms with Crippen LogP contribution in [0.3, 0.4) is 0 Å². The van der Waals surface area contributed by atoms with Gasteiger partial charge in [-0.25, -0.2) is 4.39 Å². The summed E-state index contributed by atoms with van der Waals surface area (Å²) in [5, 5.41) is 18.3. The molecule has 2 N–H and O–H groups in total. The highest BCUT2D eigenvalue weighted by atomic mass is 19.1. The monoisotopic (exact) mass is 227 g/mol. The van der Waals surface area contributed by atoms with Gasteiger partial charge < -0.3 is 15.1 Å². The number of aliphatic hydroxyl groups is 2. The zero-order valence-electron chi connectivity index (χ0n) is 9.81. The van der Waals surface area contributed by atoms with Crippen molar-refractivity contribution in [3.8, 4) is 0 Å². The summed E-state index contributed by atoms with van der Waals surface area (Å²) in [5.41, 5.74) is 0.970. The minimum Gasteiger partial charge on any atom is -0.394 e. The number of rotatable bonds is 4. The lowest BCUT2D eigenvalue weighted by Gasteiger charge is -2.26. The average Bonchev–Trinajstić information content (AvgIpc) is 2.26. The fraction of sp³-hybridized carbons (Fsp3) is 0.500. The SMILES string of the molecule is CC(CO)N(C)c1ccc([C@H](C)O)cc1F. The first kappa shape index (κ1) is 12.9. The van der Waals surface area contributed by atoms with Gasteiger partial charge in [0, 0.05) is 13.1 Å². The molecule has 0 aliphatic rings. The van der Waals surface area contributed by atoms with E-state index >= 15 is 0 Å². The maximum Gasteiger partial charge on any atom is 0.146 e. The summed E-state index contributed by atoms with van der Waals surface area (Å²) in [5.74, 6) is -0.388. The van der Waals surface area contributed by atoms with Crippen LogP contribution in [-0.4, -0.2) is 29.9 Å². The molecule has 0 saturated carbocycles. The minimum atomic E-state index is -0.677. The topological polar surface area (TPSA) is 43.7 Å². The highest BCUT2D eigenvalue weighted by Gasteiger charge is 2.14. The Morgan fingerprint density at radius 2 is 2.00 bits per heavy atom. The molecule has 1 aromatic carbocycles. The van der Waals surface area contributed by atoms with Crippen LogP contribution in [0.1, 0.15) is 25.5 Å². The van der Waals surface area contributed by atoms with Crippen molar-refractivity contribution in [2.45, 2.75) is 26.0 Å². The number of anilines is 1. The van der Waals surface area contributed by atoms with Crippen molar-refractivity contribution in [2.24, 2.45) is 0 Å². The van der Waals surface area contributed by atoms with Gasteiger partial charge in [0.25, 0.3) is 0 Å². The number of hydrogen-bond acceptors (Lipinski definition) is 3. The quantitative estimate of drug-likeness (QED) is 0.822. The van der Waals surface area contributed by atoms with Gasteiger partial charge in [0.2, 0.25) is 0 Å². The Hall–Kier alpha value is -1.13. The Labute approximate surface area is 95.1 Å². The fourth-order valence-electron chi connectivity index (χ4n) is 1.43.